The number of hydrogen-bond acceptors (Lipinski definition) is 3. The smallest absolute Gasteiger partial charge is 0.120 e. The van der Waals surface area contributed by atoms with Gasteiger partial charge in [0.05, 0.1) is 15.9 Å². The fraction of sp³-hybridized carbons (Fsp3) is 0.333. The van der Waals surface area contributed by atoms with Crippen molar-refractivity contribution in [3.8, 4) is 5.75 Å². The highest BCUT2D eigenvalue weighted by Gasteiger charge is 2.15. The Labute approximate surface area is 126 Å². The first-order valence-corrected chi connectivity index (χ1v) is 7.86. The second-order valence-electron chi connectivity index (χ2n) is 4.78. The van der Waals surface area contributed by atoms with Crippen molar-refractivity contribution in [3.63, 3.8) is 0 Å². The van der Waals surface area contributed by atoms with E-state index in [0.29, 0.717) is 0 Å². The van der Waals surface area contributed by atoms with E-state index < -0.39 is 0 Å². The summed E-state index contributed by atoms with van der Waals surface area (Å²) in [6, 6.07) is 10.0. The molecule has 1 aromatic carbocycles. The fourth-order valence-electron chi connectivity index (χ4n) is 2.00. The molecule has 0 saturated carbocycles. The van der Waals surface area contributed by atoms with E-state index in [9.17, 15) is 0 Å². The van der Waals surface area contributed by atoms with Gasteiger partial charge in [-0.3, -0.25) is 0 Å². The Kier molecular flexibility index (Phi) is 4.66. The molecule has 19 heavy (non-hydrogen) atoms. The van der Waals surface area contributed by atoms with Crippen molar-refractivity contribution in [2.24, 2.45) is 5.73 Å². The molecule has 0 aliphatic carbocycles. The van der Waals surface area contributed by atoms with Crippen LogP contribution in [0.5, 0.6) is 5.75 Å². The summed E-state index contributed by atoms with van der Waals surface area (Å²) in [5.74, 6) is 0.870. The van der Waals surface area contributed by atoms with Crippen LogP contribution in [0.3, 0.4) is 0 Å². The highest BCUT2D eigenvalue weighted by molar-refractivity contribution is 9.11. The molecule has 0 radical (unpaired) electrons. The molecule has 0 aliphatic heterocycles. The molecule has 0 saturated heterocycles. The van der Waals surface area contributed by atoms with Gasteiger partial charge >= 0.3 is 0 Å². The van der Waals surface area contributed by atoms with Gasteiger partial charge in [0.15, 0.2) is 0 Å². The van der Waals surface area contributed by atoms with Gasteiger partial charge in [0.25, 0.3) is 0 Å². The van der Waals surface area contributed by atoms with Crippen LogP contribution in [0.1, 0.15) is 35.9 Å². The topological polar surface area (TPSA) is 35.2 Å². The summed E-state index contributed by atoms with van der Waals surface area (Å²) in [5.41, 5.74) is 8.60. The minimum Gasteiger partial charge on any atom is -0.491 e. The summed E-state index contributed by atoms with van der Waals surface area (Å²) in [6.45, 7) is 6.14. The van der Waals surface area contributed by atoms with Gasteiger partial charge in [0.2, 0.25) is 0 Å². The van der Waals surface area contributed by atoms with Crippen molar-refractivity contribution in [3.05, 3.63) is 50.1 Å². The van der Waals surface area contributed by atoms with Crippen LogP contribution in [0.25, 0.3) is 0 Å². The highest BCUT2D eigenvalue weighted by Crippen LogP contribution is 2.33. The molecule has 0 aliphatic rings. The molecule has 4 heteroatoms. The van der Waals surface area contributed by atoms with Gasteiger partial charge in [-0.15, -0.1) is 11.3 Å². The highest BCUT2D eigenvalue weighted by atomic mass is 79.9. The lowest BCUT2D eigenvalue weighted by molar-refractivity contribution is 0.242. The molecule has 1 aromatic heterocycles. The standard InChI is InChI=1S/C15H18BrNOS/c1-9(2)18-12-6-4-5-11(7-12)15(17)13-8-14(16)19-10(13)3/h4-9,15H,17H2,1-3H3. The van der Waals surface area contributed by atoms with Crippen molar-refractivity contribution in [1.82, 2.24) is 0 Å². The minimum atomic E-state index is -0.113. The summed E-state index contributed by atoms with van der Waals surface area (Å²) >= 11 is 5.22. The lowest BCUT2D eigenvalue weighted by atomic mass is 10.0. The quantitative estimate of drug-likeness (QED) is 0.879. The first-order chi connectivity index (χ1) is 8.97. The number of nitrogens with two attached hydrogens (primary N) is 1. The molecule has 0 spiro atoms. The molecule has 0 amide bonds. The predicted molar refractivity (Wildman–Crippen MR) is 85.0 cm³/mol. The van der Waals surface area contributed by atoms with E-state index in [1.165, 1.54) is 10.4 Å². The molecule has 1 heterocycles. The molecule has 2 rings (SSSR count). The van der Waals surface area contributed by atoms with Gasteiger partial charge in [-0.1, -0.05) is 12.1 Å². The molecular formula is C15H18BrNOS. The van der Waals surface area contributed by atoms with Crippen LogP contribution >= 0.6 is 27.3 Å². The second-order valence-corrected chi connectivity index (χ2v) is 7.41. The monoisotopic (exact) mass is 339 g/mol. The second kappa shape index (κ2) is 6.07. The average Bonchev–Trinajstić information content (AvgIpc) is 2.67. The Balaban J connectivity index is 2.28. The Morgan fingerprint density at radius 3 is 2.58 bits per heavy atom. The number of halogens is 1. The molecule has 1 unspecified atom stereocenters. The average molecular weight is 340 g/mol. The van der Waals surface area contributed by atoms with E-state index in [2.05, 4.69) is 28.9 Å². The zero-order chi connectivity index (χ0) is 14.0. The van der Waals surface area contributed by atoms with E-state index >= 15 is 0 Å². The number of ether oxygens (including phenoxy) is 1. The van der Waals surface area contributed by atoms with E-state index in [1.807, 2.05) is 38.1 Å². The van der Waals surface area contributed by atoms with Crippen LogP contribution < -0.4 is 10.5 Å². The van der Waals surface area contributed by atoms with E-state index in [4.69, 9.17) is 10.5 Å². The SMILES string of the molecule is Cc1sc(Br)cc1C(N)c1cccc(OC(C)C)c1. The summed E-state index contributed by atoms with van der Waals surface area (Å²) in [4.78, 5) is 1.24. The maximum Gasteiger partial charge on any atom is 0.120 e. The third-order valence-electron chi connectivity index (χ3n) is 2.85. The van der Waals surface area contributed by atoms with Crippen molar-refractivity contribution in [2.45, 2.75) is 32.9 Å². The van der Waals surface area contributed by atoms with E-state index in [0.717, 1.165) is 15.1 Å². The van der Waals surface area contributed by atoms with Crippen LogP contribution in [0.15, 0.2) is 34.1 Å². The lowest BCUT2D eigenvalue weighted by Crippen LogP contribution is -2.12. The third kappa shape index (κ3) is 3.59. The summed E-state index contributed by atoms with van der Waals surface area (Å²) in [6.07, 6.45) is 0.170. The van der Waals surface area contributed by atoms with Gasteiger partial charge in [-0.05, 0) is 66.0 Å². The molecule has 102 valence electrons. The summed E-state index contributed by atoms with van der Waals surface area (Å²) in [7, 11) is 0. The third-order valence-corrected chi connectivity index (χ3v) is 4.42. The van der Waals surface area contributed by atoms with Gasteiger partial charge in [-0.2, -0.15) is 0 Å². The summed E-state index contributed by atoms with van der Waals surface area (Å²) < 4.78 is 6.83. The molecule has 0 fully saturated rings. The van der Waals surface area contributed by atoms with Gasteiger partial charge in [-0.25, -0.2) is 0 Å². The molecule has 0 bridgehead atoms. The zero-order valence-corrected chi connectivity index (χ0v) is 13.7. The predicted octanol–water partition coefficient (Wildman–Crippen LogP) is 4.65. The van der Waals surface area contributed by atoms with E-state index in [1.54, 1.807) is 11.3 Å². The molecule has 1 atom stereocenters. The Hall–Kier alpha value is -0.840. The van der Waals surface area contributed by atoms with Crippen molar-refractivity contribution in [1.29, 1.82) is 0 Å². The maximum absolute atomic E-state index is 6.36. The van der Waals surface area contributed by atoms with E-state index in [-0.39, 0.29) is 12.1 Å². The molecule has 2 aromatic rings. The molecule has 2 nitrogen and oxygen atoms in total. The van der Waals surface area contributed by atoms with Crippen LogP contribution in [0, 0.1) is 6.92 Å². The number of aryl methyl sites for hydroxylation is 1. The molecule has 2 N–H and O–H groups in total. The van der Waals surface area contributed by atoms with Crippen molar-refractivity contribution < 1.29 is 4.74 Å². The maximum atomic E-state index is 6.36. The van der Waals surface area contributed by atoms with Gasteiger partial charge in [0, 0.05) is 4.88 Å². The van der Waals surface area contributed by atoms with Crippen LogP contribution in [-0.2, 0) is 0 Å². The first kappa shape index (κ1) is 14.6. The zero-order valence-electron chi connectivity index (χ0n) is 11.3. The minimum absolute atomic E-state index is 0.113. The molecular weight excluding hydrogens is 322 g/mol. The lowest BCUT2D eigenvalue weighted by Gasteiger charge is -2.15. The normalized spacial score (nSPS) is 12.7. The Morgan fingerprint density at radius 1 is 1.26 bits per heavy atom. The number of rotatable bonds is 4. The Bertz CT molecular complexity index is 565. The largest absolute Gasteiger partial charge is 0.491 e. The fourth-order valence-corrected chi connectivity index (χ4v) is 3.76. The van der Waals surface area contributed by atoms with Crippen LogP contribution in [0.2, 0.25) is 0 Å². The van der Waals surface area contributed by atoms with Gasteiger partial charge in [0.1, 0.15) is 5.75 Å². The summed E-state index contributed by atoms with van der Waals surface area (Å²) in [5, 5.41) is 0. The van der Waals surface area contributed by atoms with Crippen LogP contribution in [-0.4, -0.2) is 6.10 Å². The number of benzene rings is 1. The number of thiophene rings is 1. The van der Waals surface area contributed by atoms with Crippen LogP contribution in [0.4, 0.5) is 0 Å². The van der Waals surface area contributed by atoms with Crippen molar-refractivity contribution in [2.75, 3.05) is 0 Å². The van der Waals surface area contributed by atoms with Gasteiger partial charge < -0.3 is 10.5 Å². The Morgan fingerprint density at radius 2 is 2.00 bits per heavy atom. The van der Waals surface area contributed by atoms with Crippen molar-refractivity contribution >= 4 is 27.3 Å². The number of hydrogen-bond donors (Lipinski definition) is 1. The first-order valence-electron chi connectivity index (χ1n) is 6.25.